The Bertz CT molecular complexity index is 638. The van der Waals surface area contributed by atoms with Crippen molar-refractivity contribution < 1.29 is 4.79 Å². The number of benzene rings is 1. The second kappa shape index (κ2) is 8.02. The second-order valence-electron chi connectivity index (χ2n) is 5.85. The maximum atomic E-state index is 12.7. The molecular weight excluding hydrogens is 306 g/mol. The molecule has 0 saturated heterocycles. The first-order valence-electron chi connectivity index (χ1n) is 7.87. The Labute approximate surface area is 142 Å². The van der Waals surface area contributed by atoms with Gasteiger partial charge in [0, 0.05) is 43.4 Å². The maximum Gasteiger partial charge on any atom is 0.228 e. The van der Waals surface area contributed by atoms with Crippen LogP contribution in [0.25, 0.3) is 0 Å². The van der Waals surface area contributed by atoms with Crippen LogP contribution in [0.4, 0.5) is 11.4 Å². The molecule has 2 N–H and O–H groups in total. The molecule has 2 rings (SSSR count). The van der Waals surface area contributed by atoms with Gasteiger partial charge in [-0.2, -0.15) is 0 Å². The number of nitrogens with zero attached hydrogens (tertiary/aromatic N) is 2. The Kier molecular flexibility index (Phi) is 6.04. The minimum Gasteiger partial charge on any atom is -0.399 e. The summed E-state index contributed by atoms with van der Waals surface area (Å²) in [6.07, 6.45) is 1.41. The lowest BCUT2D eigenvalue weighted by molar-refractivity contribution is -0.131. The van der Waals surface area contributed by atoms with Gasteiger partial charge >= 0.3 is 0 Å². The molecule has 23 heavy (non-hydrogen) atoms. The first-order valence-corrected chi connectivity index (χ1v) is 8.75. The zero-order valence-electron chi connectivity index (χ0n) is 14.1. The minimum absolute atomic E-state index is 0.168. The Morgan fingerprint density at radius 3 is 2.65 bits per heavy atom. The van der Waals surface area contributed by atoms with E-state index in [0.717, 1.165) is 34.8 Å². The number of amides is 1. The molecule has 124 valence electrons. The van der Waals surface area contributed by atoms with Crippen LogP contribution < -0.4 is 10.6 Å². The van der Waals surface area contributed by atoms with Gasteiger partial charge in [0.1, 0.15) is 0 Å². The van der Waals surface area contributed by atoms with Gasteiger partial charge in [0.25, 0.3) is 0 Å². The van der Waals surface area contributed by atoms with Crippen molar-refractivity contribution in [3.8, 4) is 0 Å². The van der Waals surface area contributed by atoms with Crippen LogP contribution in [-0.4, -0.2) is 31.4 Å². The molecule has 0 saturated carbocycles. The molecule has 4 nitrogen and oxygen atoms in total. The normalized spacial score (nSPS) is 10.6. The topological polar surface area (TPSA) is 49.6 Å². The van der Waals surface area contributed by atoms with Crippen molar-refractivity contribution in [2.24, 2.45) is 0 Å². The van der Waals surface area contributed by atoms with E-state index in [1.165, 1.54) is 0 Å². The standard InChI is InChI=1S/C18H25N3OS/c1-4-9-21(18(22)12-16-6-5-10-23-16)13-14-11-15(19)7-8-17(14)20(2)3/h5-8,10-11H,4,9,12-13,19H2,1-3H3. The van der Waals surface area contributed by atoms with Crippen LogP contribution in [0.1, 0.15) is 23.8 Å². The first-order chi connectivity index (χ1) is 11.0. The van der Waals surface area contributed by atoms with Crippen LogP contribution in [0.15, 0.2) is 35.7 Å². The first kappa shape index (κ1) is 17.3. The summed E-state index contributed by atoms with van der Waals surface area (Å²) in [4.78, 5) is 17.8. The summed E-state index contributed by atoms with van der Waals surface area (Å²) in [6.45, 7) is 3.44. The van der Waals surface area contributed by atoms with Crippen molar-refractivity contribution in [3.63, 3.8) is 0 Å². The highest BCUT2D eigenvalue weighted by atomic mass is 32.1. The zero-order chi connectivity index (χ0) is 16.8. The monoisotopic (exact) mass is 331 g/mol. The molecule has 0 radical (unpaired) electrons. The van der Waals surface area contributed by atoms with Gasteiger partial charge in [0.05, 0.1) is 6.42 Å². The van der Waals surface area contributed by atoms with E-state index in [1.54, 1.807) is 11.3 Å². The van der Waals surface area contributed by atoms with Crippen molar-refractivity contribution in [1.82, 2.24) is 4.90 Å². The predicted octanol–water partition coefficient (Wildman–Crippen LogP) is 3.38. The number of carbonyl (C=O) groups excluding carboxylic acids is 1. The van der Waals surface area contributed by atoms with Gasteiger partial charge in [-0.3, -0.25) is 4.79 Å². The van der Waals surface area contributed by atoms with E-state index >= 15 is 0 Å². The van der Waals surface area contributed by atoms with Gasteiger partial charge in [-0.05, 0) is 41.6 Å². The van der Waals surface area contributed by atoms with Gasteiger partial charge in [-0.25, -0.2) is 0 Å². The number of rotatable bonds is 7. The predicted molar refractivity (Wildman–Crippen MR) is 98.9 cm³/mol. The van der Waals surface area contributed by atoms with Crippen LogP contribution in [-0.2, 0) is 17.8 Å². The summed E-state index contributed by atoms with van der Waals surface area (Å²) in [6, 6.07) is 9.88. The van der Waals surface area contributed by atoms with E-state index in [0.29, 0.717) is 13.0 Å². The van der Waals surface area contributed by atoms with Crippen molar-refractivity contribution in [2.75, 3.05) is 31.3 Å². The number of nitrogens with two attached hydrogens (primary N) is 1. The number of thiophene rings is 1. The van der Waals surface area contributed by atoms with E-state index in [2.05, 4.69) is 11.8 Å². The smallest absolute Gasteiger partial charge is 0.228 e. The lowest BCUT2D eigenvalue weighted by Gasteiger charge is -2.25. The summed E-state index contributed by atoms with van der Waals surface area (Å²) >= 11 is 1.63. The molecule has 1 heterocycles. The molecule has 0 fully saturated rings. The third kappa shape index (κ3) is 4.73. The number of carbonyl (C=O) groups is 1. The summed E-state index contributed by atoms with van der Waals surface area (Å²) in [5, 5.41) is 2.01. The van der Waals surface area contributed by atoms with E-state index in [1.807, 2.05) is 54.7 Å². The zero-order valence-corrected chi connectivity index (χ0v) is 14.9. The van der Waals surface area contributed by atoms with Crippen molar-refractivity contribution in [1.29, 1.82) is 0 Å². The van der Waals surface area contributed by atoms with Gasteiger partial charge in [-0.15, -0.1) is 11.3 Å². The molecular formula is C18H25N3OS. The van der Waals surface area contributed by atoms with Crippen LogP contribution >= 0.6 is 11.3 Å². The van der Waals surface area contributed by atoms with Crippen molar-refractivity contribution in [2.45, 2.75) is 26.3 Å². The molecule has 0 spiro atoms. The molecule has 0 unspecified atom stereocenters. The van der Waals surface area contributed by atoms with Gasteiger partial charge in [0.2, 0.25) is 5.91 Å². The third-order valence-electron chi connectivity index (χ3n) is 3.70. The largest absolute Gasteiger partial charge is 0.399 e. The number of nitrogen functional groups attached to an aromatic ring is 1. The average Bonchev–Trinajstić information content (AvgIpc) is 2.99. The molecule has 1 amide bonds. The highest BCUT2D eigenvalue weighted by Gasteiger charge is 2.16. The van der Waals surface area contributed by atoms with Crippen molar-refractivity contribution >= 4 is 28.6 Å². The Hall–Kier alpha value is -2.01. The third-order valence-corrected chi connectivity index (χ3v) is 4.57. The minimum atomic E-state index is 0.168. The number of hydrogen-bond donors (Lipinski definition) is 1. The molecule has 2 aromatic rings. The van der Waals surface area contributed by atoms with Gasteiger partial charge < -0.3 is 15.5 Å². The molecule has 0 bridgehead atoms. The lowest BCUT2D eigenvalue weighted by Crippen LogP contribution is -2.33. The summed E-state index contributed by atoms with van der Waals surface area (Å²) in [5.41, 5.74) is 8.86. The van der Waals surface area contributed by atoms with E-state index in [-0.39, 0.29) is 5.91 Å². The van der Waals surface area contributed by atoms with Crippen LogP contribution in [0, 0.1) is 0 Å². The average molecular weight is 331 g/mol. The van der Waals surface area contributed by atoms with Crippen LogP contribution in [0.3, 0.4) is 0 Å². The van der Waals surface area contributed by atoms with Crippen LogP contribution in [0.5, 0.6) is 0 Å². The number of hydrogen-bond acceptors (Lipinski definition) is 4. The van der Waals surface area contributed by atoms with Gasteiger partial charge in [0.15, 0.2) is 0 Å². The second-order valence-corrected chi connectivity index (χ2v) is 6.89. The highest BCUT2D eigenvalue weighted by molar-refractivity contribution is 7.10. The van der Waals surface area contributed by atoms with E-state index < -0.39 is 0 Å². The van der Waals surface area contributed by atoms with Crippen LogP contribution in [0.2, 0.25) is 0 Å². The van der Waals surface area contributed by atoms with Gasteiger partial charge in [-0.1, -0.05) is 13.0 Å². The summed E-state index contributed by atoms with van der Waals surface area (Å²) in [5.74, 6) is 0.168. The summed E-state index contributed by atoms with van der Waals surface area (Å²) in [7, 11) is 4.01. The highest BCUT2D eigenvalue weighted by Crippen LogP contribution is 2.23. The Balaban J connectivity index is 2.18. The molecule has 0 atom stereocenters. The molecule has 1 aromatic heterocycles. The molecule has 0 aliphatic heterocycles. The maximum absolute atomic E-state index is 12.7. The fraction of sp³-hybridized carbons (Fsp3) is 0.389. The van der Waals surface area contributed by atoms with E-state index in [4.69, 9.17) is 5.73 Å². The fourth-order valence-electron chi connectivity index (χ4n) is 2.61. The Morgan fingerprint density at radius 2 is 2.04 bits per heavy atom. The van der Waals surface area contributed by atoms with Crippen molar-refractivity contribution in [3.05, 3.63) is 46.2 Å². The molecule has 0 aliphatic carbocycles. The fourth-order valence-corrected chi connectivity index (χ4v) is 3.31. The quantitative estimate of drug-likeness (QED) is 0.791. The molecule has 0 aliphatic rings. The SMILES string of the molecule is CCCN(Cc1cc(N)ccc1N(C)C)C(=O)Cc1cccs1. The molecule has 5 heteroatoms. The summed E-state index contributed by atoms with van der Waals surface area (Å²) < 4.78 is 0. The number of anilines is 2. The Morgan fingerprint density at radius 1 is 1.26 bits per heavy atom. The lowest BCUT2D eigenvalue weighted by atomic mass is 10.1. The molecule has 1 aromatic carbocycles. The van der Waals surface area contributed by atoms with E-state index in [9.17, 15) is 4.79 Å².